The van der Waals surface area contributed by atoms with Gasteiger partial charge in [-0.2, -0.15) is 0 Å². The van der Waals surface area contributed by atoms with E-state index in [1.54, 1.807) is 12.4 Å². The summed E-state index contributed by atoms with van der Waals surface area (Å²) >= 11 is 0. The highest BCUT2D eigenvalue weighted by atomic mass is 15.0. The number of anilines is 1. The molecule has 0 fully saturated rings. The van der Waals surface area contributed by atoms with Crippen LogP contribution in [0.25, 0.3) is 33.2 Å². The molecule has 0 spiro atoms. The number of rotatable bonds is 5. The van der Waals surface area contributed by atoms with Gasteiger partial charge in [0, 0.05) is 47.0 Å². The molecule has 3 aromatic heterocycles. The van der Waals surface area contributed by atoms with Gasteiger partial charge in [-0.05, 0) is 42.3 Å². The largest absolute Gasteiger partial charge is 0.369 e. The normalized spacial score (nSPS) is 11.1. The maximum absolute atomic E-state index is 4.78. The topological polar surface area (TPSA) is 66.5 Å². The van der Waals surface area contributed by atoms with Crippen molar-refractivity contribution < 1.29 is 0 Å². The van der Waals surface area contributed by atoms with Gasteiger partial charge >= 0.3 is 0 Å². The maximum Gasteiger partial charge on any atom is 0.163 e. The molecule has 28 heavy (non-hydrogen) atoms. The molecule has 0 bridgehead atoms. The van der Waals surface area contributed by atoms with Crippen LogP contribution in [-0.2, 0) is 6.42 Å². The third-order valence-corrected chi connectivity index (χ3v) is 4.88. The molecule has 0 unspecified atom stereocenters. The van der Waals surface area contributed by atoms with Crippen LogP contribution < -0.4 is 5.32 Å². The molecule has 0 aliphatic carbocycles. The summed E-state index contributed by atoms with van der Waals surface area (Å²) < 4.78 is 0. The molecular formula is C23H19N5. The van der Waals surface area contributed by atoms with E-state index >= 15 is 0 Å². The van der Waals surface area contributed by atoms with Gasteiger partial charge in [0.05, 0.1) is 5.52 Å². The zero-order valence-corrected chi connectivity index (χ0v) is 15.3. The number of aromatic nitrogens is 4. The van der Waals surface area contributed by atoms with Gasteiger partial charge in [0.15, 0.2) is 5.82 Å². The first-order valence-corrected chi connectivity index (χ1v) is 9.34. The molecule has 0 saturated carbocycles. The predicted octanol–water partition coefficient (Wildman–Crippen LogP) is 4.83. The Kier molecular flexibility index (Phi) is 4.18. The van der Waals surface area contributed by atoms with Gasteiger partial charge in [-0.3, -0.25) is 4.98 Å². The fraction of sp³-hybridized carbons (Fsp3) is 0.0870. The second-order valence-corrected chi connectivity index (χ2v) is 6.69. The molecule has 5 rings (SSSR count). The Balaban J connectivity index is 1.44. The Labute approximate surface area is 162 Å². The smallest absolute Gasteiger partial charge is 0.163 e. The van der Waals surface area contributed by atoms with Crippen molar-refractivity contribution in [1.29, 1.82) is 0 Å². The molecule has 2 N–H and O–H groups in total. The summed E-state index contributed by atoms with van der Waals surface area (Å²) in [5.41, 5.74) is 4.30. The van der Waals surface area contributed by atoms with Gasteiger partial charge in [0.25, 0.3) is 0 Å². The van der Waals surface area contributed by atoms with Crippen LogP contribution in [0.4, 0.5) is 5.82 Å². The number of aromatic amines is 1. The van der Waals surface area contributed by atoms with Crippen LogP contribution in [0.15, 0.2) is 79.3 Å². The molecule has 0 radical (unpaired) electrons. The van der Waals surface area contributed by atoms with Crippen molar-refractivity contribution >= 4 is 27.6 Å². The molecule has 0 amide bonds. The van der Waals surface area contributed by atoms with E-state index in [0.717, 1.165) is 35.2 Å². The Morgan fingerprint density at radius 3 is 2.61 bits per heavy atom. The van der Waals surface area contributed by atoms with E-state index in [4.69, 9.17) is 9.97 Å². The minimum Gasteiger partial charge on any atom is -0.369 e. The van der Waals surface area contributed by atoms with E-state index < -0.39 is 0 Å². The summed E-state index contributed by atoms with van der Waals surface area (Å²) in [4.78, 5) is 17.0. The number of nitrogens with one attached hydrogen (secondary N) is 2. The summed E-state index contributed by atoms with van der Waals surface area (Å²) in [6.07, 6.45) is 6.54. The van der Waals surface area contributed by atoms with Crippen molar-refractivity contribution in [3.8, 4) is 11.4 Å². The van der Waals surface area contributed by atoms with Gasteiger partial charge < -0.3 is 10.3 Å². The number of hydrogen-bond acceptors (Lipinski definition) is 4. The zero-order valence-electron chi connectivity index (χ0n) is 15.3. The van der Waals surface area contributed by atoms with Crippen LogP contribution in [0.3, 0.4) is 0 Å². The monoisotopic (exact) mass is 365 g/mol. The summed E-state index contributed by atoms with van der Waals surface area (Å²) in [5, 5.41) is 5.81. The molecule has 0 atom stereocenters. The Bertz CT molecular complexity index is 1240. The van der Waals surface area contributed by atoms with E-state index in [1.165, 1.54) is 16.5 Å². The first-order chi connectivity index (χ1) is 13.9. The number of hydrogen-bond donors (Lipinski definition) is 2. The molecule has 136 valence electrons. The summed E-state index contributed by atoms with van der Waals surface area (Å²) in [6, 6.07) is 20.3. The van der Waals surface area contributed by atoms with Crippen LogP contribution >= 0.6 is 0 Å². The van der Waals surface area contributed by atoms with Crippen molar-refractivity contribution in [2.24, 2.45) is 0 Å². The van der Waals surface area contributed by atoms with E-state index in [-0.39, 0.29) is 0 Å². The molecule has 0 aliphatic rings. The molecule has 5 heteroatoms. The second kappa shape index (κ2) is 7.12. The first-order valence-electron chi connectivity index (χ1n) is 9.34. The summed E-state index contributed by atoms with van der Waals surface area (Å²) in [5.74, 6) is 1.53. The maximum atomic E-state index is 4.78. The average molecular weight is 365 g/mol. The van der Waals surface area contributed by atoms with E-state index in [2.05, 4.69) is 45.7 Å². The standard InChI is InChI=1S/C23H19N5/c1-3-9-20-18(7-1)16(15-26-20)11-13-25-23-19-8-2-4-10-21(19)27-22(28-23)17-6-5-12-24-14-17/h1-10,12,14-15,26H,11,13H2,(H,25,27,28). The van der Waals surface area contributed by atoms with Gasteiger partial charge in [-0.25, -0.2) is 9.97 Å². The minimum absolute atomic E-state index is 0.682. The van der Waals surface area contributed by atoms with E-state index in [0.29, 0.717) is 5.82 Å². The SMILES string of the molecule is c1cncc(-c2nc(NCCc3c[nH]c4ccccc34)c3ccccc3n2)c1. The first kappa shape index (κ1) is 16.4. The molecule has 2 aromatic carbocycles. The second-order valence-electron chi connectivity index (χ2n) is 6.69. The third kappa shape index (κ3) is 3.07. The van der Waals surface area contributed by atoms with Gasteiger partial charge in [-0.15, -0.1) is 0 Å². The van der Waals surface area contributed by atoms with Crippen LogP contribution in [0.1, 0.15) is 5.56 Å². The Morgan fingerprint density at radius 2 is 1.71 bits per heavy atom. The zero-order chi connectivity index (χ0) is 18.8. The van der Waals surface area contributed by atoms with Crippen LogP contribution in [0.5, 0.6) is 0 Å². The number of H-pyrrole nitrogens is 1. The highest BCUT2D eigenvalue weighted by Crippen LogP contribution is 2.25. The molecule has 0 saturated heterocycles. The number of fused-ring (bicyclic) bond motifs is 2. The summed E-state index contributed by atoms with van der Waals surface area (Å²) in [7, 11) is 0. The van der Waals surface area contributed by atoms with Crippen molar-refractivity contribution in [3.63, 3.8) is 0 Å². The van der Waals surface area contributed by atoms with Gasteiger partial charge in [0.1, 0.15) is 5.82 Å². The van der Waals surface area contributed by atoms with Crippen molar-refractivity contribution in [2.75, 3.05) is 11.9 Å². The Hall–Kier alpha value is -3.73. The number of pyridine rings is 1. The molecule has 5 aromatic rings. The van der Waals surface area contributed by atoms with E-state index in [9.17, 15) is 0 Å². The lowest BCUT2D eigenvalue weighted by atomic mass is 10.1. The minimum atomic E-state index is 0.682. The lowest BCUT2D eigenvalue weighted by molar-refractivity contribution is 1.01. The molecule has 0 aliphatic heterocycles. The fourth-order valence-electron chi connectivity index (χ4n) is 3.49. The summed E-state index contributed by atoms with van der Waals surface area (Å²) in [6.45, 7) is 0.787. The Morgan fingerprint density at radius 1 is 0.857 bits per heavy atom. The highest BCUT2D eigenvalue weighted by molar-refractivity contribution is 5.90. The quantitative estimate of drug-likeness (QED) is 0.468. The van der Waals surface area contributed by atoms with E-state index in [1.807, 2.05) is 36.4 Å². The average Bonchev–Trinajstić information content (AvgIpc) is 3.17. The molecule has 3 heterocycles. The van der Waals surface area contributed by atoms with Crippen LogP contribution in [0.2, 0.25) is 0 Å². The predicted molar refractivity (Wildman–Crippen MR) is 113 cm³/mol. The fourth-order valence-corrected chi connectivity index (χ4v) is 3.49. The van der Waals surface area contributed by atoms with Crippen LogP contribution in [0, 0.1) is 0 Å². The van der Waals surface area contributed by atoms with Gasteiger partial charge in [-0.1, -0.05) is 30.3 Å². The highest BCUT2D eigenvalue weighted by Gasteiger charge is 2.10. The third-order valence-electron chi connectivity index (χ3n) is 4.88. The lowest BCUT2D eigenvalue weighted by Crippen LogP contribution is -2.08. The van der Waals surface area contributed by atoms with Crippen molar-refractivity contribution in [3.05, 3.63) is 84.8 Å². The van der Waals surface area contributed by atoms with Crippen molar-refractivity contribution in [1.82, 2.24) is 19.9 Å². The number of nitrogens with zero attached hydrogens (tertiary/aromatic N) is 3. The molecule has 5 nitrogen and oxygen atoms in total. The van der Waals surface area contributed by atoms with Gasteiger partial charge in [0.2, 0.25) is 0 Å². The van der Waals surface area contributed by atoms with Crippen LogP contribution in [-0.4, -0.2) is 26.5 Å². The number of benzene rings is 2. The lowest BCUT2D eigenvalue weighted by Gasteiger charge is -2.11. The molecular weight excluding hydrogens is 346 g/mol. The number of para-hydroxylation sites is 2. The van der Waals surface area contributed by atoms with Crippen molar-refractivity contribution in [2.45, 2.75) is 6.42 Å².